The van der Waals surface area contributed by atoms with Crippen molar-refractivity contribution in [2.75, 3.05) is 4.90 Å². The maximum atomic E-state index is 2.53. The van der Waals surface area contributed by atoms with Crippen LogP contribution in [0.15, 0.2) is 243 Å². The lowest BCUT2D eigenvalue weighted by molar-refractivity contribution is 1.17. The van der Waals surface area contributed by atoms with E-state index >= 15 is 0 Å². The summed E-state index contributed by atoms with van der Waals surface area (Å²) in [5, 5.41) is 9.92. The van der Waals surface area contributed by atoms with E-state index in [-0.39, 0.29) is 0 Å². The fraction of sp³-hybridized carbons (Fsp3) is 0. The fourth-order valence-electron chi connectivity index (χ4n) is 10.4. The number of anilines is 3. The minimum Gasteiger partial charge on any atom is -0.308 e. The summed E-state index contributed by atoms with van der Waals surface area (Å²) in [6.45, 7) is 0. The Kier molecular flexibility index (Phi) is 8.75. The van der Waals surface area contributed by atoms with E-state index in [0.717, 1.165) is 28.3 Å². The van der Waals surface area contributed by atoms with Crippen molar-refractivity contribution < 1.29 is 0 Å². The van der Waals surface area contributed by atoms with Gasteiger partial charge in [0.25, 0.3) is 0 Å². The van der Waals surface area contributed by atoms with Crippen molar-refractivity contribution in [3.8, 4) is 39.1 Å². The summed E-state index contributed by atoms with van der Waals surface area (Å²) in [4.78, 5) is 2.53. The average Bonchev–Trinajstić information content (AvgIpc) is 3.93. The van der Waals surface area contributed by atoms with Crippen LogP contribution < -0.4 is 4.90 Å². The van der Waals surface area contributed by atoms with Crippen molar-refractivity contribution >= 4 is 91.9 Å². The van der Waals surface area contributed by atoms with Crippen LogP contribution in [0.25, 0.3) is 103 Å². The Morgan fingerprint density at radius 3 is 1.68 bits per heavy atom. The van der Waals surface area contributed by atoms with Crippen molar-refractivity contribution in [3.63, 3.8) is 0 Å². The summed E-state index contributed by atoms with van der Waals surface area (Å²) in [6.07, 6.45) is 0. The van der Waals surface area contributed by atoms with Crippen LogP contribution in [0.3, 0.4) is 0 Å². The molecule has 0 amide bonds. The van der Waals surface area contributed by atoms with Crippen molar-refractivity contribution in [1.82, 2.24) is 4.57 Å². The molecule has 0 bridgehead atoms. The SMILES string of the molecule is c1ccc(-n2c3ccccc3c3cccc(N(c4ccc(-c5cccc6ccccc56)cc4)c4cccc(-c5cccc6ccccc56)c4-c4cccc5sc6ccccc6c45)c32)cc1. The first kappa shape index (κ1) is 37.3. The number of aromatic nitrogens is 1. The van der Waals surface area contributed by atoms with Crippen LogP contribution in [-0.2, 0) is 0 Å². The van der Waals surface area contributed by atoms with Gasteiger partial charge in [-0.05, 0) is 104 Å². The zero-order chi connectivity index (χ0) is 42.8. The molecule has 13 aromatic rings. The van der Waals surface area contributed by atoms with Gasteiger partial charge in [0.1, 0.15) is 0 Å². The molecule has 13 rings (SSSR count). The standard InChI is InChI=1S/C62H40N2S/c1-2-21-44(22-3-1)64-55-32-10-8-25-50(55)52-30-15-34-57(62(52)64)63(45-39-37-43(38-40-45)47-27-12-19-41-17-4-6-23-46(41)47)56-33-14-29-51(49-28-13-20-42-18-5-7-24-48(42)49)60(56)54-31-16-36-59-61(54)53-26-9-11-35-58(53)65-59/h1-40H. The number of hydrogen-bond acceptors (Lipinski definition) is 2. The summed E-state index contributed by atoms with van der Waals surface area (Å²) in [5.41, 5.74) is 13.9. The number of benzene rings is 11. The van der Waals surface area contributed by atoms with E-state index in [2.05, 4.69) is 252 Å². The molecule has 2 heterocycles. The predicted octanol–water partition coefficient (Wildman–Crippen LogP) is 17.9. The zero-order valence-electron chi connectivity index (χ0n) is 35.4. The lowest BCUT2D eigenvalue weighted by Gasteiger charge is -2.31. The molecule has 0 aliphatic heterocycles. The molecule has 2 nitrogen and oxygen atoms in total. The van der Waals surface area contributed by atoms with Gasteiger partial charge in [-0.1, -0.05) is 188 Å². The molecular weight excluding hydrogens is 805 g/mol. The highest BCUT2D eigenvalue weighted by molar-refractivity contribution is 7.26. The van der Waals surface area contributed by atoms with Gasteiger partial charge in [0, 0.05) is 47.9 Å². The molecule has 0 unspecified atom stereocenters. The normalized spacial score (nSPS) is 11.7. The Balaban J connectivity index is 1.16. The number of thiophene rings is 1. The number of rotatable bonds is 7. The first-order chi connectivity index (χ1) is 32.3. The van der Waals surface area contributed by atoms with Gasteiger partial charge in [-0.25, -0.2) is 0 Å². The van der Waals surface area contributed by atoms with Gasteiger partial charge in [0.2, 0.25) is 0 Å². The van der Waals surface area contributed by atoms with Gasteiger partial charge in [0.15, 0.2) is 0 Å². The molecule has 11 aromatic carbocycles. The van der Waals surface area contributed by atoms with Crippen LogP contribution in [0.2, 0.25) is 0 Å². The van der Waals surface area contributed by atoms with Gasteiger partial charge in [-0.15, -0.1) is 11.3 Å². The fourth-order valence-corrected chi connectivity index (χ4v) is 11.5. The van der Waals surface area contributed by atoms with Crippen LogP contribution in [0.4, 0.5) is 17.1 Å². The van der Waals surface area contributed by atoms with Gasteiger partial charge >= 0.3 is 0 Å². The molecule has 0 N–H and O–H groups in total. The van der Waals surface area contributed by atoms with Crippen molar-refractivity contribution in [1.29, 1.82) is 0 Å². The zero-order valence-corrected chi connectivity index (χ0v) is 36.2. The molecule has 2 aromatic heterocycles. The molecule has 0 aliphatic rings. The molecule has 0 aliphatic carbocycles. The first-order valence-electron chi connectivity index (χ1n) is 22.3. The van der Waals surface area contributed by atoms with Crippen LogP contribution in [0, 0.1) is 0 Å². The molecule has 3 heteroatoms. The van der Waals surface area contributed by atoms with Crippen LogP contribution in [0.5, 0.6) is 0 Å². The molecule has 0 saturated heterocycles. The lowest BCUT2D eigenvalue weighted by Crippen LogP contribution is -2.13. The summed E-state index contributed by atoms with van der Waals surface area (Å²) >= 11 is 1.87. The van der Waals surface area contributed by atoms with E-state index in [1.807, 2.05) is 11.3 Å². The Hall–Kier alpha value is -8.24. The van der Waals surface area contributed by atoms with Crippen molar-refractivity contribution in [2.24, 2.45) is 0 Å². The van der Waals surface area contributed by atoms with E-state index in [9.17, 15) is 0 Å². The molecule has 0 radical (unpaired) electrons. The minimum atomic E-state index is 1.07. The molecular formula is C62H40N2S. The van der Waals surface area contributed by atoms with Crippen LogP contribution >= 0.6 is 11.3 Å². The highest BCUT2D eigenvalue weighted by atomic mass is 32.1. The smallest absolute Gasteiger partial charge is 0.0782 e. The Morgan fingerprint density at radius 2 is 0.877 bits per heavy atom. The Bertz CT molecular complexity index is 3940. The summed E-state index contributed by atoms with van der Waals surface area (Å²) in [6, 6.07) is 89.2. The van der Waals surface area contributed by atoms with Crippen LogP contribution in [0.1, 0.15) is 0 Å². The maximum Gasteiger partial charge on any atom is 0.0782 e. The summed E-state index contributed by atoms with van der Waals surface area (Å²) in [7, 11) is 0. The second-order valence-electron chi connectivity index (χ2n) is 16.8. The number of fused-ring (bicyclic) bond motifs is 8. The van der Waals surface area contributed by atoms with E-state index in [1.165, 1.54) is 91.4 Å². The van der Waals surface area contributed by atoms with E-state index in [4.69, 9.17) is 0 Å². The third-order valence-corrected chi connectivity index (χ3v) is 14.3. The quantitative estimate of drug-likeness (QED) is 0.155. The van der Waals surface area contributed by atoms with Crippen molar-refractivity contribution in [3.05, 3.63) is 243 Å². The largest absolute Gasteiger partial charge is 0.308 e. The summed E-state index contributed by atoms with van der Waals surface area (Å²) < 4.78 is 5.02. The second kappa shape index (κ2) is 15.2. The average molecular weight is 845 g/mol. The van der Waals surface area contributed by atoms with Gasteiger partial charge in [-0.3, -0.25) is 0 Å². The Labute approximate surface area is 381 Å². The summed E-state index contributed by atoms with van der Waals surface area (Å²) in [5.74, 6) is 0. The predicted molar refractivity (Wildman–Crippen MR) is 280 cm³/mol. The number of para-hydroxylation sites is 3. The second-order valence-corrected chi connectivity index (χ2v) is 17.9. The highest BCUT2D eigenvalue weighted by Crippen LogP contribution is 2.52. The molecule has 65 heavy (non-hydrogen) atoms. The third-order valence-electron chi connectivity index (χ3n) is 13.2. The third kappa shape index (κ3) is 6.01. The van der Waals surface area contributed by atoms with E-state index in [0.29, 0.717) is 0 Å². The molecule has 0 atom stereocenters. The van der Waals surface area contributed by atoms with Gasteiger partial charge in [-0.2, -0.15) is 0 Å². The monoisotopic (exact) mass is 844 g/mol. The number of nitrogens with zero attached hydrogens (tertiary/aromatic N) is 2. The van der Waals surface area contributed by atoms with Gasteiger partial charge < -0.3 is 9.47 Å². The molecule has 0 saturated carbocycles. The van der Waals surface area contributed by atoms with Crippen molar-refractivity contribution in [2.45, 2.75) is 0 Å². The molecule has 0 spiro atoms. The van der Waals surface area contributed by atoms with Crippen LogP contribution in [-0.4, -0.2) is 4.57 Å². The molecule has 0 fully saturated rings. The first-order valence-corrected chi connectivity index (χ1v) is 23.1. The molecule has 304 valence electrons. The minimum absolute atomic E-state index is 1.07. The number of hydrogen-bond donors (Lipinski definition) is 0. The highest BCUT2D eigenvalue weighted by Gasteiger charge is 2.27. The van der Waals surface area contributed by atoms with E-state index < -0.39 is 0 Å². The Morgan fingerprint density at radius 1 is 0.338 bits per heavy atom. The topological polar surface area (TPSA) is 8.17 Å². The van der Waals surface area contributed by atoms with Gasteiger partial charge in [0.05, 0.1) is 22.4 Å². The lowest BCUT2D eigenvalue weighted by atomic mass is 9.88. The van der Waals surface area contributed by atoms with E-state index in [1.54, 1.807) is 0 Å². The maximum absolute atomic E-state index is 2.53.